The number of hydrogen-bond acceptors (Lipinski definition) is 5. The summed E-state index contributed by atoms with van der Waals surface area (Å²) in [5, 5.41) is 16.5. The van der Waals surface area contributed by atoms with Gasteiger partial charge in [0.1, 0.15) is 5.01 Å². The normalized spacial score (nSPS) is 10.5. The van der Waals surface area contributed by atoms with Gasteiger partial charge in [-0.15, -0.1) is 11.3 Å². The summed E-state index contributed by atoms with van der Waals surface area (Å²) >= 11 is 1.56. The number of aromatic nitrogens is 1. The van der Waals surface area contributed by atoms with Crippen molar-refractivity contribution in [2.75, 3.05) is 5.32 Å². The van der Waals surface area contributed by atoms with Crippen LogP contribution in [0, 0.1) is 10.1 Å². The summed E-state index contributed by atoms with van der Waals surface area (Å²) in [6.07, 6.45) is 0. The monoisotopic (exact) mass is 401 g/mol. The molecule has 1 amide bonds. The zero-order chi connectivity index (χ0) is 20.2. The van der Waals surface area contributed by atoms with Crippen LogP contribution in [-0.4, -0.2) is 15.8 Å². The molecule has 142 valence electrons. The molecule has 1 heterocycles. The maximum absolute atomic E-state index is 12.4. The molecule has 0 aliphatic heterocycles. The molecule has 0 spiro atoms. The van der Waals surface area contributed by atoms with Crippen LogP contribution in [0.1, 0.15) is 10.4 Å². The van der Waals surface area contributed by atoms with Crippen molar-refractivity contribution >= 4 is 28.6 Å². The fourth-order valence-corrected chi connectivity index (χ4v) is 3.65. The van der Waals surface area contributed by atoms with E-state index in [1.54, 1.807) is 17.4 Å². The van der Waals surface area contributed by atoms with Crippen LogP contribution in [0.3, 0.4) is 0 Å². The Bertz CT molecular complexity index is 1170. The molecule has 4 rings (SSSR count). The van der Waals surface area contributed by atoms with Gasteiger partial charge in [-0.05, 0) is 24.3 Å². The van der Waals surface area contributed by atoms with Crippen LogP contribution in [0.2, 0.25) is 0 Å². The molecule has 0 atom stereocenters. The molecule has 4 aromatic rings. The molecule has 6 nitrogen and oxygen atoms in total. The first-order valence-corrected chi connectivity index (χ1v) is 9.65. The van der Waals surface area contributed by atoms with Crippen LogP contribution in [-0.2, 0) is 0 Å². The molecule has 0 unspecified atom stereocenters. The summed E-state index contributed by atoms with van der Waals surface area (Å²) in [6.45, 7) is 0. The third-order valence-electron chi connectivity index (χ3n) is 4.28. The van der Waals surface area contributed by atoms with Gasteiger partial charge in [-0.3, -0.25) is 14.9 Å². The fraction of sp³-hybridized carbons (Fsp3) is 0. The number of benzene rings is 3. The quantitative estimate of drug-likeness (QED) is 0.346. The number of amides is 1. The highest BCUT2D eigenvalue weighted by Crippen LogP contribution is 2.30. The zero-order valence-electron chi connectivity index (χ0n) is 15.1. The van der Waals surface area contributed by atoms with E-state index in [1.165, 1.54) is 24.3 Å². The second kappa shape index (κ2) is 8.04. The van der Waals surface area contributed by atoms with Gasteiger partial charge in [0.25, 0.3) is 11.6 Å². The van der Waals surface area contributed by atoms with Gasteiger partial charge in [0.05, 0.1) is 10.6 Å². The van der Waals surface area contributed by atoms with E-state index < -0.39 is 4.92 Å². The molecule has 0 aliphatic rings. The van der Waals surface area contributed by atoms with E-state index in [-0.39, 0.29) is 11.6 Å². The van der Waals surface area contributed by atoms with Crippen LogP contribution in [0.25, 0.3) is 21.8 Å². The second-order valence-corrected chi connectivity index (χ2v) is 7.10. The zero-order valence-corrected chi connectivity index (χ0v) is 15.9. The van der Waals surface area contributed by atoms with E-state index in [0.29, 0.717) is 11.3 Å². The lowest BCUT2D eigenvalue weighted by molar-refractivity contribution is -0.384. The van der Waals surface area contributed by atoms with E-state index in [9.17, 15) is 14.9 Å². The third kappa shape index (κ3) is 4.20. The van der Waals surface area contributed by atoms with Crippen LogP contribution in [0.15, 0.2) is 84.2 Å². The number of carbonyl (C=O) groups excluding carboxylic acids is 1. The number of rotatable bonds is 5. The predicted octanol–water partition coefficient (Wildman–Crippen LogP) is 5.64. The first kappa shape index (κ1) is 18.5. The molecule has 0 aliphatic carbocycles. The number of non-ortho nitro benzene ring substituents is 1. The van der Waals surface area contributed by atoms with Gasteiger partial charge in [0.2, 0.25) is 0 Å². The molecular weight excluding hydrogens is 386 g/mol. The molecule has 0 fully saturated rings. The Morgan fingerprint density at radius 3 is 2.38 bits per heavy atom. The Morgan fingerprint density at radius 1 is 0.931 bits per heavy atom. The molecule has 3 aromatic carbocycles. The summed E-state index contributed by atoms with van der Waals surface area (Å²) in [5.41, 5.74) is 3.71. The highest BCUT2D eigenvalue weighted by molar-refractivity contribution is 7.13. The van der Waals surface area contributed by atoms with Crippen molar-refractivity contribution in [3.05, 3.63) is 99.9 Å². The van der Waals surface area contributed by atoms with Crippen LogP contribution in [0.5, 0.6) is 0 Å². The average molecular weight is 401 g/mol. The minimum atomic E-state index is -0.497. The first-order valence-electron chi connectivity index (χ1n) is 8.77. The number of thiazole rings is 1. The van der Waals surface area contributed by atoms with E-state index in [0.717, 1.165) is 21.8 Å². The lowest BCUT2D eigenvalue weighted by Gasteiger charge is -2.07. The maximum atomic E-state index is 12.4. The number of nitrogens with zero attached hydrogens (tertiary/aromatic N) is 2. The standard InChI is InChI=1S/C22H15N3O3S/c26-21(15-9-11-19(12-10-15)25(27)28)23-18-8-4-7-17(13-18)20-14-29-22(24-20)16-5-2-1-3-6-16/h1-14H,(H,23,26). The molecule has 29 heavy (non-hydrogen) atoms. The first-order chi connectivity index (χ1) is 14.1. The highest BCUT2D eigenvalue weighted by Gasteiger charge is 2.11. The Kier molecular flexibility index (Phi) is 5.13. The van der Waals surface area contributed by atoms with Crippen LogP contribution in [0.4, 0.5) is 11.4 Å². The van der Waals surface area contributed by atoms with Gasteiger partial charge in [0.15, 0.2) is 0 Å². The van der Waals surface area contributed by atoms with E-state index in [1.807, 2.05) is 53.9 Å². The average Bonchev–Trinajstić information content (AvgIpc) is 3.25. The number of nitro benzene ring substituents is 1. The van der Waals surface area contributed by atoms with Gasteiger partial charge < -0.3 is 5.32 Å². The van der Waals surface area contributed by atoms with Gasteiger partial charge in [-0.25, -0.2) is 4.98 Å². The second-order valence-electron chi connectivity index (χ2n) is 6.24. The van der Waals surface area contributed by atoms with Crippen molar-refractivity contribution in [2.45, 2.75) is 0 Å². The van der Waals surface area contributed by atoms with Crippen molar-refractivity contribution in [2.24, 2.45) is 0 Å². The largest absolute Gasteiger partial charge is 0.322 e. The van der Waals surface area contributed by atoms with E-state index in [4.69, 9.17) is 4.98 Å². The van der Waals surface area contributed by atoms with Gasteiger partial charge in [-0.2, -0.15) is 0 Å². The Morgan fingerprint density at radius 2 is 1.66 bits per heavy atom. The SMILES string of the molecule is O=C(Nc1cccc(-c2csc(-c3ccccc3)n2)c1)c1ccc([N+](=O)[O-])cc1. The number of nitro groups is 1. The van der Waals surface area contributed by atoms with Crippen molar-refractivity contribution in [1.29, 1.82) is 0 Å². The van der Waals surface area contributed by atoms with Crippen LogP contribution < -0.4 is 5.32 Å². The molecule has 1 aromatic heterocycles. The summed E-state index contributed by atoms with van der Waals surface area (Å²) < 4.78 is 0. The molecule has 0 saturated heterocycles. The van der Waals surface area contributed by atoms with Crippen molar-refractivity contribution in [1.82, 2.24) is 4.98 Å². The summed E-state index contributed by atoms with van der Waals surface area (Å²) in [4.78, 5) is 27.4. The molecule has 1 N–H and O–H groups in total. The van der Waals surface area contributed by atoms with Crippen molar-refractivity contribution in [3.8, 4) is 21.8 Å². The van der Waals surface area contributed by atoms with Gasteiger partial charge >= 0.3 is 0 Å². The van der Waals surface area contributed by atoms with E-state index in [2.05, 4.69) is 5.32 Å². The lowest BCUT2D eigenvalue weighted by atomic mass is 10.1. The molecule has 0 bridgehead atoms. The lowest BCUT2D eigenvalue weighted by Crippen LogP contribution is -2.11. The maximum Gasteiger partial charge on any atom is 0.269 e. The smallest absolute Gasteiger partial charge is 0.269 e. The van der Waals surface area contributed by atoms with Crippen molar-refractivity contribution < 1.29 is 9.72 Å². The number of anilines is 1. The topological polar surface area (TPSA) is 85.1 Å². The van der Waals surface area contributed by atoms with Crippen LogP contribution >= 0.6 is 11.3 Å². The van der Waals surface area contributed by atoms with Crippen molar-refractivity contribution in [3.63, 3.8) is 0 Å². The summed E-state index contributed by atoms with van der Waals surface area (Å²) in [6, 6.07) is 22.9. The highest BCUT2D eigenvalue weighted by atomic mass is 32.1. The van der Waals surface area contributed by atoms with Gasteiger partial charge in [-0.1, -0.05) is 42.5 Å². The minimum Gasteiger partial charge on any atom is -0.322 e. The van der Waals surface area contributed by atoms with E-state index >= 15 is 0 Å². The van der Waals surface area contributed by atoms with Gasteiger partial charge in [0, 0.05) is 39.9 Å². The fourth-order valence-electron chi connectivity index (χ4n) is 2.81. The summed E-state index contributed by atoms with van der Waals surface area (Å²) in [7, 11) is 0. The number of nitrogens with one attached hydrogen (secondary N) is 1. The Labute approximate surface area is 170 Å². The third-order valence-corrected chi connectivity index (χ3v) is 5.17. The molecule has 0 saturated carbocycles. The summed E-state index contributed by atoms with van der Waals surface area (Å²) in [5.74, 6) is -0.333. The number of hydrogen-bond donors (Lipinski definition) is 1. The Balaban J connectivity index is 1.52. The number of carbonyl (C=O) groups is 1. The minimum absolute atomic E-state index is 0.0544. The molecule has 7 heteroatoms. The molecular formula is C22H15N3O3S. The predicted molar refractivity (Wildman–Crippen MR) is 114 cm³/mol. The molecule has 0 radical (unpaired) electrons. The Hall–Kier alpha value is -3.84.